The van der Waals surface area contributed by atoms with E-state index in [-0.39, 0.29) is 37.2 Å². The quantitative estimate of drug-likeness (QED) is 0.835. The fraction of sp³-hybridized carbons (Fsp3) is 0.579. The van der Waals surface area contributed by atoms with Gasteiger partial charge in [-0.3, -0.25) is 9.59 Å². The van der Waals surface area contributed by atoms with Crippen LogP contribution in [-0.4, -0.2) is 60.8 Å². The minimum absolute atomic E-state index is 0.0133. The van der Waals surface area contributed by atoms with E-state index in [2.05, 4.69) is 0 Å². The number of para-hydroxylation sites is 1. The molecule has 0 spiro atoms. The number of rotatable bonds is 4. The van der Waals surface area contributed by atoms with Crippen LogP contribution in [0, 0.1) is 0 Å². The first-order valence-electron chi connectivity index (χ1n) is 8.81. The van der Waals surface area contributed by atoms with Gasteiger partial charge >= 0.3 is 0 Å². The number of carbonyl (C=O) groups excluding carboxylic acids is 2. The molecule has 0 aromatic heterocycles. The number of piperidine rings is 1. The summed E-state index contributed by atoms with van der Waals surface area (Å²) in [6.07, 6.45) is 0.709. The third kappa shape index (κ3) is 3.70. The Hall–Kier alpha value is -1.92. The molecule has 2 amide bonds. The average Bonchev–Trinajstić information content (AvgIpc) is 2.60. The maximum Gasteiger partial charge on any atom is 0.253 e. The minimum atomic E-state index is -0.445. The van der Waals surface area contributed by atoms with E-state index < -0.39 is 5.60 Å². The molecule has 25 heavy (non-hydrogen) atoms. The van der Waals surface area contributed by atoms with Crippen molar-refractivity contribution in [2.24, 2.45) is 0 Å². The topological polar surface area (TPSA) is 59.1 Å². The Labute approximate surface area is 148 Å². The van der Waals surface area contributed by atoms with Crippen LogP contribution < -0.4 is 4.90 Å². The molecular weight excluding hydrogens is 320 g/mol. The molecular formula is C19H26N2O4. The summed E-state index contributed by atoms with van der Waals surface area (Å²) in [7, 11) is 0. The number of morpholine rings is 1. The molecule has 2 aliphatic rings. The van der Waals surface area contributed by atoms with Gasteiger partial charge in [0.05, 0.1) is 17.7 Å². The third-order valence-corrected chi connectivity index (χ3v) is 5.01. The Morgan fingerprint density at radius 3 is 2.76 bits per heavy atom. The second-order valence-corrected chi connectivity index (χ2v) is 7.17. The number of fused-ring (bicyclic) bond motifs is 1. The lowest BCUT2D eigenvalue weighted by Crippen LogP contribution is -2.68. The van der Waals surface area contributed by atoms with Crippen LogP contribution in [-0.2, 0) is 19.1 Å². The molecule has 2 atom stereocenters. The van der Waals surface area contributed by atoms with Gasteiger partial charge in [0.1, 0.15) is 13.2 Å². The van der Waals surface area contributed by atoms with Gasteiger partial charge in [0.2, 0.25) is 5.91 Å². The first-order valence-corrected chi connectivity index (χ1v) is 8.81. The lowest BCUT2D eigenvalue weighted by atomic mass is 9.85. The first-order chi connectivity index (χ1) is 11.9. The van der Waals surface area contributed by atoms with Gasteiger partial charge in [-0.25, -0.2) is 0 Å². The number of nitrogens with zero attached hydrogens (tertiary/aromatic N) is 2. The number of anilines is 1. The summed E-state index contributed by atoms with van der Waals surface area (Å²) in [5, 5.41) is 0. The van der Waals surface area contributed by atoms with Crippen molar-refractivity contribution in [2.75, 3.05) is 31.2 Å². The summed E-state index contributed by atoms with van der Waals surface area (Å²) in [4.78, 5) is 28.6. The second kappa shape index (κ2) is 7.14. The van der Waals surface area contributed by atoms with E-state index in [4.69, 9.17) is 9.47 Å². The highest BCUT2D eigenvalue weighted by atomic mass is 16.5. The molecule has 136 valence electrons. The van der Waals surface area contributed by atoms with Crippen molar-refractivity contribution in [1.29, 1.82) is 0 Å². The molecule has 1 aromatic rings. The largest absolute Gasteiger partial charge is 0.369 e. The smallest absolute Gasteiger partial charge is 0.253 e. The van der Waals surface area contributed by atoms with E-state index in [9.17, 15) is 9.59 Å². The Kier molecular flexibility index (Phi) is 5.11. The third-order valence-electron chi connectivity index (χ3n) is 5.01. The summed E-state index contributed by atoms with van der Waals surface area (Å²) in [6, 6.07) is 9.40. The van der Waals surface area contributed by atoms with Crippen LogP contribution in [0.2, 0.25) is 0 Å². The van der Waals surface area contributed by atoms with Gasteiger partial charge in [-0.1, -0.05) is 18.2 Å². The average molecular weight is 346 g/mol. The zero-order valence-electron chi connectivity index (χ0n) is 15.1. The fourth-order valence-electron chi connectivity index (χ4n) is 3.48. The van der Waals surface area contributed by atoms with E-state index in [1.165, 1.54) is 0 Å². The summed E-state index contributed by atoms with van der Waals surface area (Å²) in [5.74, 6) is -0.108. The standard InChI is InChI=1S/C19H26N2O4/c1-14(2)24-12-17(22)20-10-9-19(3)16(11-20)21(18(23)13-25-19)15-7-5-4-6-8-15/h4-8,14,16H,9-13H2,1-3H3/t16-,19-/m1/s1. The van der Waals surface area contributed by atoms with Crippen LogP contribution in [0.5, 0.6) is 0 Å². The van der Waals surface area contributed by atoms with Crippen molar-refractivity contribution in [2.45, 2.75) is 44.9 Å². The summed E-state index contributed by atoms with van der Waals surface area (Å²) in [5.41, 5.74) is 0.402. The first kappa shape index (κ1) is 17.9. The van der Waals surface area contributed by atoms with E-state index in [1.807, 2.05) is 51.1 Å². The van der Waals surface area contributed by atoms with Crippen molar-refractivity contribution in [3.8, 4) is 0 Å². The van der Waals surface area contributed by atoms with Crippen LogP contribution in [0.15, 0.2) is 30.3 Å². The van der Waals surface area contributed by atoms with Gasteiger partial charge in [-0.05, 0) is 39.3 Å². The summed E-state index contributed by atoms with van der Waals surface area (Å²) in [6.45, 7) is 7.07. The number of likely N-dealkylation sites (tertiary alicyclic amines) is 1. The molecule has 1 aromatic carbocycles. The monoisotopic (exact) mass is 346 g/mol. The number of amides is 2. The molecule has 0 unspecified atom stereocenters. The Bertz CT molecular complexity index is 634. The van der Waals surface area contributed by atoms with Crippen molar-refractivity contribution in [1.82, 2.24) is 4.90 Å². The van der Waals surface area contributed by atoms with Gasteiger partial charge in [0.15, 0.2) is 0 Å². The lowest BCUT2D eigenvalue weighted by molar-refractivity contribution is -0.158. The van der Waals surface area contributed by atoms with Crippen molar-refractivity contribution in [3.63, 3.8) is 0 Å². The Morgan fingerprint density at radius 1 is 1.36 bits per heavy atom. The van der Waals surface area contributed by atoms with E-state index in [0.29, 0.717) is 19.5 Å². The minimum Gasteiger partial charge on any atom is -0.369 e. The fourth-order valence-corrected chi connectivity index (χ4v) is 3.48. The maximum atomic E-state index is 12.6. The molecule has 0 aliphatic carbocycles. The van der Waals surface area contributed by atoms with E-state index in [1.54, 1.807) is 9.80 Å². The number of carbonyl (C=O) groups is 2. The second-order valence-electron chi connectivity index (χ2n) is 7.17. The SMILES string of the molecule is CC(C)OCC(=O)N1CC[C@@]2(C)OCC(=O)N(c3ccccc3)[C@@H]2C1. The molecule has 0 radical (unpaired) electrons. The molecule has 2 fully saturated rings. The number of benzene rings is 1. The highest BCUT2D eigenvalue weighted by molar-refractivity contribution is 5.96. The van der Waals surface area contributed by atoms with Gasteiger partial charge in [-0.15, -0.1) is 0 Å². The molecule has 6 nitrogen and oxygen atoms in total. The number of ether oxygens (including phenoxy) is 2. The summed E-state index contributed by atoms with van der Waals surface area (Å²) < 4.78 is 11.3. The number of hydrogen-bond acceptors (Lipinski definition) is 4. The van der Waals surface area contributed by atoms with Crippen LogP contribution >= 0.6 is 0 Å². The number of hydrogen-bond donors (Lipinski definition) is 0. The van der Waals surface area contributed by atoms with E-state index >= 15 is 0 Å². The Balaban J connectivity index is 1.81. The van der Waals surface area contributed by atoms with E-state index in [0.717, 1.165) is 5.69 Å². The van der Waals surface area contributed by atoms with Crippen LogP contribution in [0.1, 0.15) is 27.2 Å². The van der Waals surface area contributed by atoms with Crippen LogP contribution in [0.25, 0.3) is 0 Å². The summed E-state index contributed by atoms with van der Waals surface area (Å²) >= 11 is 0. The maximum absolute atomic E-state index is 12.6. The molecule has 3 rings (SSSR count). The molecule has 0 saturated carbocycles. The normalized spacial score (nSPS) is 26.7. The van der Waals surface area contributed by atoms with Crippen LogP contribution in [0.4, 0.5) is 5.69 Å². The van der Waals surface area contributed by atoms with Crippen molar-refractivity contribution < 1.29 is 19.1 Å². The molecule has 0 N–H and O–H groups in total. The zero-order chi connectivity index (χ0) is 18.0. The molecule has 2 aliphatic heterocycles. The zero-order valence-corrected chi connectivity index (χ0v) is 15.1. The van der Waals surface area contributed by atoms with Gasteiger partial charge in [0.25, 0.3) is 5.91 Å². The molecule has 2 heterocycles. The molecule has 0 bridgehead atoms. The van der Waals surface area contributed by atoms with Gasteiger partial charge in [-0.2, -0.15) is 0 Å². The predicted octanol–water partition coefficient (Wildman–Crippen LogP) is 1.83. The van der Waals surface area contributed by atoms with Gasteiger partial charge in [0, 0.05) is 18.8 Å². The lowest BCUT2D eigenvalue weighted by Gasteiger charge is -2.52. The molecule has 6 heteroatoms. The predicted molar refractivity (Wildman–Crippen MR) is 94.4 cm³/mol. The van der Waals surface area contributed by atoms with Crippen molar-refractivity contribution >= 4 is 17.5 Å². The highest BCUT2D eigenvalue weighted by Crippen LogP contribution is 2.36. The van der Waals surface area contributed by atoms with Crippen molar-refractivity contribution in [3.05, 3.63) is 30.3 Å². The Morgan fingerprint density at radius 2 is 2.08 bits per heavy atom. The van der Waals surface area contributed by atoms with Gasteiger partial charge < -0.3 is 19.3 Å². The highest BCUT2D eigenvalue weighted by Gasteiger charge is 2.49. The molecule has 2 saturated heterocycles. The van der Waals surface area contributed by atoms with Crippen LogP contribution in [0.3, 0.4) is 0 Å².